The summed E-state index contributed by atoms with van der Waals surface area (Å²) in [7, 11) is 1.78. The lowest BCUT2D eigenvalue weighted by Crippen LogP contribution is -2.41. The number of aryl methyl sites for hydroxylation is 1. The van der Waals surface area contributed by atoms with Crippen LogP contribution in [-0.4, -0.2) is 53.6 Å². The molecule has 4 rings (SSSR count). The molecule has 1 fully saturated rings. The molecule has 3 aromatic carbocycles. The summed E-state index contributed by atoms with van der Waals surface area (Å²) in [4.78, 5) is 17.9. The van der Waals surface area contributed by atoms with E-state index in [0.29, 0.717) is 30.6 Å². The van der Waals surface area contributed by atoms with Crippen molar-refractivity contribution in [2.45, 2.75) is 31.4 Å². The molecule has 178 valence electrons. The number of carbonyl (C=O) groups excluding carboxylic acids is 1. The third-order valence-corrected chi connectivity index (χ3v) is 6.61. The SMILES string of the molecule is Cc1ccc([C@@H](CN2CC[C@H](O)C2)N(C)C(=O)C(c2ccc(F)cc2)c2ccc(F)cc2)cc1. The number of amides is 1. The van der Waals surface area contributed by atoms with Crippen LogP contribution in [0.3, 0.4) is 0 Å². The number of benzene rings is 3. The van der Waals surface area contributed by atoms with E-state index in [1.165, 1.54) is 24.3 Å². The van der Waals surface area contributed by atoms with Gasteiger partial charge in [0.2, 0.25) is 5.91 Å². The Morgan fingerprint density at radius 2 is 1.44 bits per heavy atom. The Bertz CT molecular complexity index is 1060. The van der Waals surface area contributed by atoms with Crippen LogP contribution < -0.4 is 0 Å². The van der Waals surface area contributed by atoms with Gasteiger partial charge in [0.1, 0.15) is 11.6 Å². The van der Waals surface area contributed by atoms with E-state index in [4.69, 9.17) is 0 Å². The van der Waals surface area contributed by atoms with Gasteiger partial charge in [-0.2, -0.15) is 0 Å². The molecule has 6 heteroatoms. The van der Waals surface area contributed by atoms with Gasteiger partial charge < -0.3 is 10.0 Å². The van der Waals surface area contributed by atoms with Crippen LogP contribution in [0.1, 0.15) is 40.6 Å². The molecule has 1 saturated heterocycles. The Morgan fingerprint density at radius 1 is 0.941 bits per heavy atom. The third-order valence-electron chi connectivity index (χ3n) is 6.61. The second-order valence-corrected chi connectivity index (χ2v) is 9.11. The Hall–Kier alpha value is -3.09. The maximum Gasteiger partial charge on any atom is 0.234 e. The Morgan fingerprint density at radius 3 is 1.91 bits per heavy atom. The van der Waals surface area contributed by atoms with Gasteiger partial charge in [-0.15, -0.1) is 0 Å². The second kappa shape index (κ2) is 10.5. The number of likely N-dealkylation sites (N-methyl/N-ethyl adjacent to an activating group) is 1. The number of rotatable bonds is 7. The predicted octanol–water partition coefficient (Wildman–Crippen LogP) is 4.67. The second-order valence-electron chi connectivity index (χ2n) is 9.11. The molecular weight excluding hydrogens is 434 g/mol. The van der Waals surface area contributed by atoms with Crippen molar-refractivity contribution in [3.8, 4) is 0 Å². The number of β-amino-alcohol motifs (C(OH)–C–C–N with tert-alkyl or cyclic N) is 1. The molecule has 3 aromatic rings. The van der Waals surface area contributed by atoms with Crippen LogP contribution in [-0.2, 0) is 4.79 Å². The number of aliphatic hydroxyl groups excluding tert-OH is 1. The molecule has 4 nitrogen and oxygen atoms in total. The summed E-state index contributed by atoms with van der Waals surface area (Å²) in [5, 5.41) is 10.0. The van der Waals surface area contributed by atoms with Crippen LogP contribution in [0.4, 0.5) is 8.78 Å². The van der Waals surface area contributed by atoms with Gasteiger partial charge in [-0.25, -0.2) is 8.78 Å². The zero-order valence-corrected chi connectivity index (χ0v) is 19.5. The van der Waals surface area contributed by atoms with E-state index in [9.17, 15) is 18.7 Å². The zero-order chi connectivity index (χ0) is 24.2. The van der Waals surface area contributed by atoms with E-state index in [0.717, 1.165) is 17.7 Å². The Labute approximate surface area is 199 Å². The molecule has 0 radical (unpaired) electrons. The smallest absolute Gasteiger partial charge is 0.234 e. The van der Waals surface area contributed by atoms with E-state index < -0.39 is 5.92 Å². The molecule has 2 atom stereocenters. The minimum Gasteiger partial charge on any atom is -0.392 e. The van der Waals surface area contributed by atoms with Gasteiger partial charge in [0, 0.05) is 26.7 Å². The highest BCUT2D eigenvalue weighted by Crippen LogP contribution is 2.32. The molecule has 1 heterocycles. The van der Waals surface area contributed by atoms with Crippen molar-refractivity contribution >= 4 is 5.91 Å². The van der Waals surface area contributed by atoms with Crippen LogP contribution in [0.5, 0.6) is 0 Å². The lowest BCUT2D eigenvalue weighted by atomic mass is 9.89. The molecule has 0 aliphatic carbocycles. The number of hydrogen-bond acceptors (Lipinski definition) is 3. The fourth-order valence-electron chi connectivity index (χ4n) is 4.61. The number of aliphatic hydroxyl groups is 1. The van der Waals surface area contributed by atoms with Crippen molar-refractivity contribution in [2.24, 2.45) is 0 Å². The molecule has 0 bridgehead atoms. The molecule has 34 heavy (non-hydrogen) atoms. The van der Waals surface area contributed by atoms with Gasteiger partial charge >= 0.3 is 0 Å². The number of carbonyl (C=O) groups is 1. The normalized spacial score (nSPS) is 17.2. The largest absolute Gasteiger partial charge is 0.392 e. The van der Waals surface area contributed by atoms with Crippen molar-refractivity contribution in [1.29, 1.82) is 0 Å². The van der Waals surface area contributed by atoms with Crippen molar-refractivity contribution in [1.82, 2.24) is 9.80 Å². The van der Waals surface area contributed by atoms with Gasteiger partial charge in [0.25, 0.3) is 0 Å². The van der Waals surface area contributed by atoms with Gasteiger partial charge in [0.05, 0.1) is 18.1 Å². The van der Waals surface area contributed by atoms with Crippen molar-refractivity contribution < 1.29 is 18.7 Å². The van der Waals surface area contributed by atoms with Crippen LogP contribution in [0.15, 0.2) is 72.8 Å². The van der Waals surface area contributed by atoms with E-state index >= 15 is 0 Å². The van der Waals surface area contributed by atoms with Gasteiger partial charge in [-0.05, 0) is 54.3 Å². The molecule has 0 spiro atoms. The van der Waals surface area contributed by atoms with E-state index in [1.807, 2.05) is 31.2 Å². The summed E-state index contributed by atoms with van der Waals surface area (Å²) in [6, 6.07) is 19.6. The van der Waals surface area contributed by atoms with Crippen LogP contribution >= 0.6 is 0 Å². The highest BCUT2D eigenvalue weighted by atomic mass is 19.1. The van der Waals surface area contributed by atoms with Crippen LogP contribution in [0, 0.1) is 18.6 Å². The highest BCUT2D eigenvalue weighted by Gasteiger charge is 2.33. The number of likely N-dealkylation sites (tertiary alicyclic amines) is 1. The number of nitrogens with zero attached hydrogens (tertiary/aromatic N) is 2. The lowest BCUT2D eigenvalue weighted by Gasteiger charge is -2.34. The molecule has 0 aromatic heterocycles. The molecule has 1 aliphatic rings. The molecule has 0 unspecified atom stereocenters. The number of hydrogen-bond donors (Lipinski definition) is 1. The first-order valence-corrected chi connectivity index (χ1v) is 11.6. The molecule has 1 amide bonds. The molecular formula is C28H30F2N2O2. The summed E-state index contributed by atoms with van der Waals surface area (Å²) in [6.07, 6.45) is 0.359. The van der Waals surface area contributed by atoms with E-state index in [-0.39, 0.29) is 29.7 Å². The Balaban J connectivity index is 1.70. The average molecular weight is 465 g/mol. The summed E-state index contributed by atoms with van der Waals surface area (Å²) >= 11 is 0. The first kappa shape index (κ1) is 24.0. The topological polar surface area (TPSA) is 43.8 Å². The number of halogens is 2. The summed E-state index contributed by atoms with van der Waals surface area (Å²) in [6.45, 7) is 3.94. The fourth-order valence-corrected chi connectivity index (χ4v) is 4.61. The molecule has 1 N–H and O–H groups in total. The minimum atomic E-state index is -0.705. The maximum absolute atomic E-state index is 14.0. The standard InChI is InChI=1S/C28H30F2N2O2/c1-19-3-5-20(6-4-19)26(18-32-16-15-25(33)17-32)31(2)28(34)27(21-7-11-23(29)12-8-21)22-9-13-24(30)14-10-22/h3-14,25-27,33H,15-18H2,1-2H3/t25-,26+/m0/s1. The van der Waals surface area contributed by atoms with Crippen molar-refractivity contribution in [3.05, 3.63) is 107 Å². The van der Waals surface area contributed by atoms with Crippen molar-refractivity contribution in [2.75, 3.05) is 26.7 Å². The van der Waals surface area contributed by atoms with Gasteiger partial charge in [0.15, 0.2) is 0 Å². The average Bonchev–Trinajstić information content (AvgIpc) is 3.25. The summed E-state index contributed by atoms with van der Waals surface area (Å²) in [5.41, 5.74) is 3.41. The highest BCUT2D eigenvalue weighted by molar-refractivity contribution is 5.87. The zero-order valence-electron chi connectivity index (χ0n) is 19.5. The predicted molar refractivity (Wildman–Crippen MR) is 128 cm³/mol. The lowest BCUT2D eigenvalue weighted by molar-refractivity contribution is -0.133. The first-order chi connectivity index (χ1) is 16.3. The van der Waals surface area contributed by atoms with Crippen LogP contribution in [0.25, 0.3) is 0 Å². The van der Waals surface area contributed by atoms with E-state index in [1.54, 1.807) is 36.2 Å². The molecule has 0 saturated carbocycles. The van der Waals surface area contributed by atoms with Crippen LogP contribution in [0.2, 0.25) is 0 Å². The minimum absolute atomic E-state index is 0.163. The Kier molecular flexibility index (Phi) is 7.39. The quantitative estimate of drug-likeness (QED) is 0.553. The van der Waals surface area contributed by atoms with Crippen molar-refractivity contribution in [3.63, 3.8) is 0 Å². The van der Waals surface area contributed by atoms with Gasteiger partial charge in [-0.3, -0.25) is 9.69 Å². The first-order valence-electron chi connectivity index (χ1n) is 11.6. The third kappa shape index (κ3) is 5.51. The molecule has 1 aliphatic heterocycles. The maximum atomic E-state index is 14.0. The van der Waals surface area contributed by atoms with E-state index in [2.05, 4.69) is 4.90 Å². The monoisotopic (exact) mass is 464 g/mol. The summed E-state index contributed by atoms with van der Waals surface area (Å²) < 4.78 is 27.3. The fraction of sp³-hybridized carbons (Fsp3) is 0.321. The van der Waals surface area contributed by atoms with Gasteiger partial charge in [-0.1, -0.05) is 54.1 Å². The summed E-state index contributed by atoms with van der Waals surface area (Å²) in [5.74, 6) is -1.63.